The van der Waals surface area contributed by atoms with E-state index in [1.165, 1.54) is 11.3 Å². The van der Waals surface area contributed by atoms with Crippen LogP contribution in [0.25, 0.3) is 21.1 Å². The van der Waals surface area contributed by atoms with E-state index >= 15 is 0 Å². The number of nitrogens with zero attached hydrogens (tertiary/aromatic N) is 1. The monoisotopic (exact) mass is 379 g/mol. The number of amides is 2. The third-order valence-electron chi connectivity index (χ3n) is 4.20. The van der Waals surface area contributed by atoms with Gasteiger partial charge in [0.25, 0.3) is 0 Å². The van der Waals surface area contributed by atoms with Gasteiger partial charge in [-0.2, -0.15) is 0 Å². The minimum atomic E-state index is -1.35. The van der Waals surface area contributed by atoms with Gasteiger partial charge in [-0.15, -0.1) is 0 Å². The van der Waals surface area contributed by atoms with Gasteiger partial charge in [-0.3, -0.25) is 5.32 Å². The van der Waals surface area contributed by atoms with Crippen molar-refractivity contribution in [1.82, 2.24) is 15.3 Å². The normalized spacial score (nSPS) is 12.1. The number of carbonyl (C=O) groups excluding carboxylic acids is 2. The average molecular weight is 379 g/mol. The second-order valence-corrected chi connectivity index (χ2v) is 7.05. The van der Waals surface area contributed by atoms with Crippen LogP contribution in [0.1, 0.15) is 5.56 Å². The lowest BCUT2D eigenvalue weighted by Crippen LogP contribution is -2.50. The second kappa shape index (κ2) is 7.08. The molecule has 2 amide bonds. The van der Waals surface area contributed by atoms with Crippen molar-refractivity contribution in [2.75, 3.05) is 5.32 Å². The van der Waals surface area contributed by atoms with Crippen molar-refractivity contribution < 1.29 is 14.7 Å². The molecule has 4 aromatic rings. The van der Waals surface area contributed by atoms with E-state index in [1.807, 2.05) is 48.5 Å². The Kier molecular flexibility index (Phi) is 4.47. The van der Waals surface area contributed by atoms with Crippen LogP contribution in [0.2, 0.25) is 0 Å². The molecule has 0 aliphatic rings. The summed E-state index contributed by atoms with van der Waals surface area (Å²) in [5.74, 6) is -1.35. The van der Waals surface area contributed by atoms with Crippen molar-refractivity contribution in [3.8, 4) is 0 Å². The Morgan fingerprint density at radius 2 is 1.93 bits per heavy atom. The topological polar surface area (TPSA) is 110 Å². The van der Waals surface area contributed by atoms with Crippen molar-refractivity contribution in [3.63, 3.8) is 0 Å². The Labute approximate surface area is 158 Å². The van der Waals surface area contributed by atoms with Gasteiger partial charge in [-0.1, -0.05) is 41.7 Å². The van der Waals surface area contributed by atoms with E-state index in [4.69, 9.17) is 0 Å². The SMILES string of the molecule is O=C(Nc1nc2ccccc2s1)N[C@H](Cc1c[nH]c2ccccc12)C(=O)[O-]. The number of aliphatic carboxylic acids is 1. The van der Waals surface area contributed by atoms with Crippen LogP contribution in [0.3, 0.4) is 0 Å². The third kappa shape index (κ3) is 3.61. The Morgan fingerprint density at radius 1 is 1.15 bits per heavy atom. The van der Waals surface area contributed by atoms with Crippen molar-refractivity contribution in [1.29, 1.82) is 0 Å². The molecule has 8 heteroatoms. The highest BCUT2D eigenvalue weighted by Crippen LogP contribution is 2.25. The molecule has 0 radical (unpaired) electrons. The lowest BCUT2D eigenvalue weighted by Gasteiger charge is -2.19. The molecule has 3 N–H and O–H groups in total. The average Bonchev–Trinajstić information content (AvgIpc) is 3.24. The molecule has 0 aliphatic heterocycles. The number of hydrogen-bond acceptors (Lipinski definition) is 5. The smallest absolute Gasteiger partial charge is 0.321 e. The molecule has 4 rings (SSSR count). The number of carbonyl (C=O) groups is 2. The maximum atomic E-state index is 12.2. The first-order valence-electron chi connectivity index (χ1n) is 8.29. The molecule has 0 saturated carbocycles. The van der Waals surface area contributed by atoms with Crippen LogP contribution in [0.15, 0.2) is 54.7 Å². The van der Waals surface area contributed by atoms with E-state index in [0.29, 0.717) is 5.13 Å². The van der Waals surface area contributed by atoms with E-state index < -0.39 is 18.0 Å². The number of aromatic amines is 1. The maximum Gasteiger partial charge on any atom is 0.321 e. The van der Waals surface area contributed by atoms with E-state index in [0.717, 1.165) is 26.7 Å². The zero-order chi connectivity index (χ0) is 18.8. The van der Waals surface area contributed by atoms with E-state index in [2.05, 4.69) is 20.6 Å². The molecule has 1 atom stereocenters. The molecule has 27 heavy (non-hydrogen) atoms. The molecule has 2 aromatic heterocycles. The number of hydrogen-bond donors (Lipinski definition) is 3. The van der Waals surface area contributed by atoms with Crippen LogP contribution >= 0.6 is 11.3 Å². The number of thiazole rings is 1. The fourth-order valence-electron chi connectivity index (χ4n) is 2.93. The first kappa shape index (κ1) is 17.0. The molecule has 0 unspecified atom stereocenters. The number of anilines is 1. The summed E-state index contributed by atoms with van der Waals surface area (Å²) in [6, 6.07) is 13.3. The summed E-state index contributed by atoms with van der Waals surface area (Å²) in [6.45, 7) is 0. The highest BCUT2D eigenvalue weighted by Gasteiger charge is 2.17. The lowest BCUT2D eigenvalue weighted by molar-refractivity contribution is -0.308. The Bertz CT molecular complexity index is 1100. The van der Waals surface area contributed by atoms with Gasteiger partial charge in [0.05, 0.1) is 22.2 Å². The molecule has 2 heterocycles. The number of aromatic nitrogens is 2. The van der Waals surface area contributed by atoms with Gasteiger partial charge in [0.2, 0.25) is 0 Å². The van der Waals surface area contributed by atoms with Gasteiger partial charge >= 0.3 is 6.03 Å². The summed E-state index contributed by atoms with van der Waals surface area (Å²) in [4.78, 5) is 31.1. The van der Waals surface area contributed by atoms with Gasteiger partial charge in [0, 0.05) is 23.5 Å². The van der Waals surface area contributed by atoms with E-state index in [1.54, 1.807) is 6.20 Å². The van der Waals surface area contributed by atoms with Crippen LogP contribution in [0.5, 0.6) is 0 Å². The molecule has 0 aliphatic carbocycles. The minimum Gasteiger partial charge on any atom is -0.548 e. The number of carboxylic acid groups (broad SMARTS) is 1. The zero-order valence-electron chi connectivity index (χ0n) is 14.1. The fraction of sp³-hybridized carbons (Fsp3) is 0.105. The quantitative estimate of drug-likeness (QED) is 0.494. The standard InChI is InChI=1S/C19H16N4O3S/c24-17(25)15(9-11-10-20-13-6-2-1-5-12(11)13)21-18(26)23-19-22-14-7-3-4-8-16(14)27-19/h1-8,10,15,20H,9H2,(H,24,25)(H2,21,22,23,26)/p-1/t15-/m1/s1. The summed E-state index contributed by atoms with van der Waals surface area (Å²) < 4.78 is 0.933. The lowest BCUT2D eigenvalue weighted by atomic mass is 10.1. The summed E-state index contributed by atoms with van der Waals surface area (Å²) in [5, 5.41) is 17.9. The molecule has 0 saturated heterocycles. The van der Waals surface area contributed by atoms with Gasteiger partial charge in [-0.25, -0.2) is 9.78 Å². The maximum absolute atomic E-state index is 12.2. The largest absolute Gasteiger partial charge is 0.548 e. The molecule has 0 fully saturated rings. The van der Waals surface area contributed by atoms with Gasteiger partial charge < -0.3 is 20.2 Å². The Balaban J connectivity index is 1.47. The van der Waals surface area contributed by atoms with Crippen LogP contribution < -0.4 is 15.7 Å². The summed E-state index contributed by atoms with van der Waals surface area (Å²) in [6.07, 6.45) is 1.85. The molecule has 0 spiro atoms. The van der Waals surface area contributed by atoms with Crippen molar-refractivity contribution >= 4 is 49.6 Å². The number of benzene rings is 2. The molecule has 0 bridgehead atoms. The van der Waals surface area contributed by atoms with Gasteiger partial charge in [0.1, 0.15) is 0 Å². The first-order chi connectivity index (χ1) is 13.1. The van der Waals surface area contributed by atoms with Crippen molar-refractivity contribution in [2.24, 2.45) is 0 Å². The summed E-state index contributed by atoms with van der Waals surface area (Å²) >= 11 is 1.32. The number of urea groups is 1. The summed E-state index contributed by atoms with van der Waals surface area (Å²) in [7, 11) is 0. The van der Waals surface area contributed by atoms with Crippen molar-refractivity contribution in [2.45, 2.75) is 12.5 Å². The van der Waals surface area contributed by atoms with Gasteiger partial charge in [-0.05, 0) is 23.8 Å². The Hall–Kier alpha value is -3.39. The number of rotatable bonds is 5. The molecular formula is C19H15N4O3S-. The van der Waals surface area contributed by atoms with Crippen molar-refractivity contribution in [3.05, 3.63) is 60.3 Å². The number of para-hydroxylation sites is 2. The highest BCUT2D eigenvalue weighted by molar-refractivity contribution is 7.22. The van der Waals surface area contributed by atoms with E-state index in [9.17, 15) is 14.7 Å². The Morgan fingerprint density at radius 3 is 2.74 bits per heavy atom. The zero-order valence-corrected chi connectivity index (χ0v) is 14.9. The third-order valence-corrected chi connectivity index (χ3v) is 5.15. The molecule has 7 nitrogen and oxygen atoms in total. The number of fused-ring (bicyclic) bond motifs is 2. The number of H-pyrrole nitrogens is 1. The predicted octanol–water partition coefficient (Wildman–Crippen LogP) is 2.26. The minimum absolute atomic E-state index is 0.111. The molecule has 136 valence electrons. The van der Waals surface area contributed by atoms with Crippen LogP contribution in [-0.2, 0) is 11.2 Å². The van der Waals surface area contributed by atoms with E-state index in [-0.39, 0.29) is 6.42 Å². The van der Waals surface area contributed by atoms with Crippen LogP contribution in [0.4, 0.5) is 9.93 Å². The van der Waals surface area contributed by atoms with Crippen LogP contribution in [-0.4, -0.2) is 28.0 Å². The second-order valence-electron chi connectivity index (χ2n) is 6.02. The molecule has 2 aromatic carbocycles. The fourth-order valence-corrected chi connectivity index (χ4v) is 3.79. The molecular weight excluding hydrogens is 364 g/mol. The number of nitrogens with one attached hydrogen (secondary N) is 3. The van der Waals surface area contributed by atoms with Gasteiger partial charge in [0.15, 0.2) is 5.13 Å². The highest BCUT2D eigenvalue weighted by atomic mass is 32.1. The predicted molar refractivity (Wildman–Crippen MR) is 103 cm³/mol. The number of carboxylic acids is 1. The van der Waals surface area contributed by atoms with Crippen LogP contribution in [0, 0.1) is 0 Å². The first-order valence-corrected chi connectivity index (χ1v) is 9.11. The summed E-state index contributed by atoms with van der Waals surface area (Å²) in [5.41, 5.74) is 2.47.